The number of benzene rings is 1. The summed E-state index contributed by atoms with van der Waals surface area (Å²) < 4.78 is 0.903. The van der Waals surface area contributed by atoms with E-state index in [0.29, 0.717) is 0 Å². The SMILES string of the molecule is Cc1cc(NCc2c(C)cccc2C)cnc1Br. The van der Waals surface area contributed by atoms with Crippen LogP contribution in [0, 0.1) is 20.8 Å². The van der Waals surface area contributed by atoms with E-state index in [4.69, 9.17) is 0 Å². The van der Waals surface area contributed by atoms with E-state index in [2.05, 4.69) is 64.3 Å². The average Bonchev–Trinajstić information content (AvgIpc) is 2.33. The summed E-state index contributed by atoms with van der Waals surface area (Å²) >= 11 is 3.41. The molecule has 3 heteroatoms. The van der Waals surface area contributed by atoms with Crippen LogP contribution in [0.25, 0.3) is 0 Å². The van der Waals surface area contributed by atoms with E-state index in [0.717, 1.165) is 22.4 Å². The van der Waals surface area contributed by atoms with Crippen molar-refractivity contribution in [2.75, 3.05) is 5.32 Å². The molecule has 0 bridgehead atoms. The molecular formula is C15H17BrN2. The molecule has 0 fully saturated rings. The molecule has 0 radical (unpaired) electrons. The van der Waals surface area contributed by atoms with Crippen molar-refractivity contribution in [2.45, 2.75) is 27.3 Å². The van der Waals surface area contributed by atoms with Crippen LogP contribution in [0.5, 0.6) is 0 Å². The summed E-state index contributed by atoms with van der Waals surface area (Å²) in [6.07, 6.45) is 1.85. The van der Waals surface area contributed by atoms with Gasteiger partial charge in [0, 0.05) is 6.54 Å². The third kappa shape index (κ3) is 2.91. The largest absolute Gasteiger partial charge is 0.380 e. The smallest absolute Gasteiger partial charge is 0.109 e. The highest BCUT2D eigenvalue weighted by molar-refractivity contribution is 9.10. The van der Waals surface area contributed by atoms with E-state index >= 15 is 0 Å². The number of nitrogens with zero attached hydrogens (tertiary/aromatic N) is 1. The highest BCUT2D eigenvalue weighted by atomic mass is 79.9. The Labute approximate surface area is 117 Å². The second-order valence-corrected chi connectivity index (χ2v) is 5.31. The zero-order valence-corrected chi connectivity index (χ0v) is 12.5. The molecule has 94 valence electrons. The molecule has 0 aliphatic heterocycles. The van der Waals surface area contributed by atoms with Gasteiger partial charge in [-0.3, -0.25) is 0 Å². The lowest BCUT2D eigenvalue weighted by Crippen LogP contribution is -2.04. The summed E-state index contributed by atoms with van der Waals surface area (Å²) in [6.45, 7) is 7.17. The molecule has 1 heterocycles. The van der Waals surface area contributed by atoms with E-state index in [1.165, 1.54) is 16.7 Å². The van der Waals surface area contributed by atoms with Crippen LogP contribution in [0.15, 0.2) is 35.1 Å². The Bertz CT molecular complexity index is 544. The number of aryl methyl sites for hydroxylation is 3. The minimum absolute atomic E-state index is 0.835. The first-order valence-corrected chi connectivity index (χ1v) is 6.78. The van der Waals surface area contributed by atoms with E-state index in [-0.39, 0.29) is 0 Å². The summed E-state index contributed by atoms with van der Waals surface area (Å²) in [5, 5.41) is 3.43. The van der Waals surface area contributed by atoms with Crippen molar-refractivity contribution in [1.82, 2.24) is 4.98 Å². The van der Waals surface area contributed by atoms with Crippen LogP contribution in [0.2, 0.25) is 0 Å². The zero-order chi connectivity index (χ0) is 13.1. The van der Waals surface area contributed by atoms with E-state index < -0.39 is 0 Å². The Balaban J connectivity index is 2.14. The van der Waals surface area contributed by atoms with Gasteiger partial charge < -0.3 is 5.32 Å². The number of anilines is 1. The number of rotatable bonds is 3. The van der Waals surface area contributed by atoms with E-state index in [1.54, 1.807) is 0 Å². The van der Waals surface area contributed by atoms with E-state index in [9.17, 15) is 0 Å². The number of pyridine rings is 1. The van der Waals surface area contributed by atoms with Gasteiger partial charge in [0.15, 0.2) is 0 Å². The molecule has 0 aliphatic carbocycles. The monoisotopic (exact) mass is 304 g/mol. The van der Waals surface area contributed by atoms with Gasteiger partial charge in [0.2, 0.25) is 0 Å². The molecular weight excluding hydrogens is 288 g/mol. The van der Waals surface area contributed by atoms with Crippen LogP contribution in [-0.2, 0) is 6.54 Å². The topological polar surface area (TPSA) is 24.9 Å². The molecule has 0 saturated carbocycles. The van der Waals surface area contributed by atoms with Gasteiger partial charge >= 0.3 is 0 Å². The molecule has 0 aliphatic rings. The fourth-order valence-corrected chi connectivity index (χ4v) is 2.19. The normalized spacial score (nSPS) is 10.4. The number of aromatic nitrogens is 1. The first-order chi connectivity index (χ1) is 8.58. The Morgan fingerprint density at radius 2 is 1.78 bits per heavy atom. The van der Waals surface area contributed by atoms with E-state index in [1.807, 2.05) is 13.1 Å². The molecule has 1 aromatic heterocycles. The van der Waals surface area contributed by atoms with Crippen molar-refractivity contribution in [3.8, 4) is 0 Å². The Morgan fingerprint density at radius 1 is 1.11 bits per heavy atom. The summed E-state index contributed by atoms with van der Waals surface area (Å²) in [5.74, 6) is 0. The second kappa shape index (κ2) is 5.53. The molecule has 0 atom stereocenters. The maximum Gasteiger partial charge on any atom is 0.109 e. The predicted molar refractivity (Wildman–Crippen MR) is 79.9 cm³/mol. The van der Waals surface area contributed by atoms with Crippen molar-refractivity contribution in [3.05, 3.63) is 57.3 Å². The molecule has 1 N–H and O–H groups in total. The molecule has 2 aromatic rings. The summed E-state index contributed by atoms with van der Waals surface area (Å²) in [4.78, 5) is 4.29. The van der Waals surface area contributed by atoms with Gasteiger partial charge in [0.05, 0.1) is 11.9 Å². The van der Waals surface area contributed by atoms with Crippen molar-refractivity contribution in [3.63, 3.8) is 0 Å². The molecule has 0 spiro atoms. The minimum Gasteiger partial charge on any atom is -0.380 e. The van der Waals surface area contributed by atoms with Gasteiger partial charge in [0.25, 0.3) is 0 Å². The van der Waals surface area contributed by atoms with Gasteiger partial charge in [0.1, 0.15) is 4.60 Å². The quantitative estimate of drug-likeness (QED) is 0.851. The van der Waals surface area contributed by atoms with Crippen LogP contribution in [-0.4, -0.2) is 4.98 Å². The first kappa shape index (κ1) is 13.1. The van der Waals surface area contributed by atoms with Crippen LogP contribution in [0.1, 0.15) is 22.3 Å². The highest BCUT2D eigenvalue weighted by Gasteiger charge is 2.03. The number of nitrogens with one attached hydrogen (secondary N) is 1. The van der Waals surface area contributed by atoms with Crippen molar-refractivity contribution in [2.24, 2.45) is 0 Å². The third-order valence-corrected chi connectivity index (χ3v) is 3.96. The summed E-state index contributed by atoms with van der Waals surface area (Å²) in [6, 6.07) is 8.49. The maximum atomic E-state index is 4.29. The summed E-state index contributed by atoms with van der Waals surface area (Å²) in [7, 11) is 0. The molecule has 0 amide bonds. The molecule has 0 saturated heterocycles. The minimum atomic E-state index is 0.835. The lowest BCUT2D eigenvalue weighted by atomic mass is 10.0. The Morgan fingerprint density at radius 3 is 2.39 bits per heavy atom. The summed E-state index contributed by atoms with van der Waals surface area (Å²) in [5.41, 5.74) is 6.20. The molecule has 18 heavy (non-hydrogen) atoms. The third-order valence-electron chi connectivity index (χ3n) is 3.13. The number of halogens is 1. The Hall–Kier alpha value is -1.35. The van der Waals surface area contributed by atoms with Gasteiger partial charge in [-0.2, -0.15) is 0 Å². The van der Waals surface area contributed by atoms with Crippen molar-refractivity contribution in [1.29, 1.82) is 0 Å². The zero-order valence-electron chi connectivity index (χ0n) is 10.9. The number of hydrogen-bond acceptors (Lipinski definition) is 2. The first-order valence-electron chi connectivity index (χ1n) is 5.99. The molecule has 1 aromatic carbocycles. The van der Waals surface area contributed by atoms with Gasteiger partial charge in [-0.1, -0.05) is 18.2 Å². The fraction of sp³-hybridized carbons (Fsp3) is 0.267. The van der Waals surface area contributed by atoms with Gasteiger partial charge in [-0.25, -0.2) is 4.98 Å². The van der Waals surface area contributed by atoms with Crippen molar-refractivity contribution < 1.29 is 0 Å². The van der Waals surface area contributed by atoms with Crippen LogP contribution in [0.4, 0.5) is 5.69 Å². The molecule has 2 nitrogen and oxygen atoms in total. The predicted octanol–water partition coefficient (Wildman–Crippen LogP) is 4.38. The lowest BCUT2D eigenvalue weighted by Gasteiger charge is -2.12. The van der Waals surface area contributed by atoms with Crippen molar-refractivity contribution >= 4 is 21.6 Å². The van der Waals surface area contributed by atoms with Crippen LogP contribution in [0.3, 0.4) is 0 Å². The van der Waals surface area contributed by atoms with Crippen LogP contribution >= 0.6 is 15.9 Å². The van der Waals surface area contributed by atoms with Gasteiger partial charge in [-0.05, 0) is 65.0 Å². The highest BCUT2D eigenvalue weighted by Crippen LogP contribution is 2.19. The fourth-order valence-electron chi connectivity index (χ4n) is 1.97. The number of hydrogen-bond donors (Lipinski definition) is 1. The molecule has 2 rings (SSSR count). The standard InChI is InChI=1S/C15H17BrN2/c1-10-5-4-6-11(2)14(10)9-17-13-7-12(3)15(16)18-8-13/h4-8,17H,9H2,1-3H3. The maximum absolute atomic E-state index is 4.29. The lowest BCUT2D eigenvalue weighted by molar-refractivity contribution is 1.08. The van der Waals surface area contributed by atoms with Crippen LogP contribution < -0.4 is 5.32 Å². The van der Waals surface area contributed by atoms with Gasteiger partial charge in [-0.15, -0.1) is 0 Å². The second-order valence-electron chi connectivity index (χ2n) is 4.56. The Kier molecular flexibility index (Phi) is 4.02. The molecule has 0 unspecified atom stereocenters. The average molecular weight is 305 g/mol.